The molecule has 2 rings (SSSR count). The Morgan fingerprint density at radius 1 is 1.26 bits per heavy atom. The van der Waals surface area contributed by atoms with Gasteiger partial charge in [0.15, 0.2) is 0 Å². The van der Waals surface area contributed by atoms with Crippen LogP contribution in [0.4, 0.5) is 0 Å². The van der Waals surface area contributed by atoms with Crippen molar-refractivity contribution >= 4 is 0 Å². The van der Waals surface area contributed by atoms with Gasteiger partial charge >= 0.3 is 0 Å². The van der Waals surface area contributed by atoms with Gasteiger partial charge in [-0.15, -0.1) is 0 Å². The molecule has 0 amide bonds. The van der Waals surface area contributed by atoms with E-state index in [-0.39, 0.29) is 0 Å². The Hall–Kier alpha value is -1.96. The molecular weight excluding hydrogens is 232 g/mol. The Balaban J connectivity index is 1.97. The van der Waals surface area contributed by atoms with Gasteiger partial charge in [0, 0.05) is 24.7 Å². The van der Waals surface area contributed by atoms with Crippen molar-refractivity contribution < 1.29 is 0 Å². The van der Waals surface area contributed by atoms with E-state index in [0.29, 0.717) is 5.92 Å². The highest BCUT2D eigenvalue weighted by Gasteiger charge is 2.26. The van der Waals surface area contributed by atoms with E-state index in [4.69, 9.17) is 0 Å². The lowest BCUT2D eigenvalue weighted by Gasteiger charge is -2.32. The lowest BCUT2D eigenvalue weighted by molar-refractivity contribution is 0.616. The number of rotatable bonds is 6. The maximum atomic E-state index is 4.06. The predicted octanol–water partition coefficient (Wildman–Crippen LogP) is 3.49. The molecule has 0 saturated heterocycles. The van der Waals surface area contributed by atoms with Crippen LogP contribution >= 0.6 is 0 Å². The first-order valence-corrected chi connectivity index (χ1v) is 6.69. The van der Waals surface area contributed by atoms with Gasteiger partial charge in [0.25, 0.3) is 0 Å². The van der Waals surface area contributed by atoms with E-state index in [2.05, 4.69) is 61.9 Å². The summed E-state index contributed by atoms with van der Waals surface area (Å²) in [5.41, 5.74) is 6.48. The molecule has 19 heavy (non-hydrogen) atoms. The van der Waals surface area contributed by atoms with Crippen LogP contribution in [0.2, 0.25) is 0 Å². The van der Waals surface area contributed by atoms with Crippen molar-refractivity contribution in [1.82, 2.24) is 10.6 Å². The first kappa shape index (κ1) is 13.5. The quantitative estimate of drug-likeness (QED) is 0.812. The summed E-state index contributed by atoms with van der Waals surface area (Å²) in [7, 11) is 0. The largest absolute Gasteiger partial charge is 0.387 e. The van der Waals surface area contributed by atoms with Crippen LogP contribution in [0, 0.1) is 5.92 Å². The summed E-state index contributed by atoms with van der Waals surface area (Å²) in [4.78, 5) is 0. The average molecular weight is 254 g/mol. The molecule has 1 unspecified atom stereocenters. The zero-order valence-corrected chi connectivity index (χ0v) is 11.8. The van der Waals surface area contributed by atoms with E-state index in [1.165, 1.54) is 28.0 Å². The van der Waals surface area contributed by atoms with Gasteiger partial charge in [-0.05, 0) is 35.4 Å². The van der Waals surface area contributed by atoms with Crippen LogP contribution in [0.5, 0.6) is 0 Å². The SMILES string of the molecule is C=CNCc1cccc(CNC2=C(C)C(=C)C2C)c1. The number of allylic oxidation sites excluding steroid dienone is 2. The molecule has 1 atom stereocenters. The second-order valence-corrected chi connectivity index (χ2v) is 5.04. The highest BCUT2D eigenvalue weighted by molar-refractivity contribution is 5.47. The molecule has 2 heteroatoms. The first-order valence-electron chi connectivity index (χ1n) is 6.69. The molecule has 0 fully saturated rings. The van der Waals surface area contributed by atoms with E-state index < -0.39 is 0 Å². The van der Waals surface area contributed by atoms with Gasteiger partial charge in [-0.1, -0.05) is 44.3 Å². The van der Waals surface area contributed by atoms with Gasteiger partial charge in [0.05, 0.1) is 0 Å². The summed E-state index contributed by atoms with van der Waals surface area (Å²) in [5, 5.41) is 6.65. The third-order valence-corrected chi connectivity index (χ3v) is 3.77. The molecule has 0 bridgehead atoms. The van der Waals surface area contributed by atoms with Gasteiger partial charge in [0.1, 0.15) is 0 Å². The normalized spacial score (nSPS) is 18.0. The average Bonchev–Trinajstić information content (AvgIpc) is 2.45. The summed E-state index contributed by atoms with van der Waals surface area (Å²) in [5.74, 6) is 0.477. The van der Waals surface area contributed by atoms with Crippen molar-refractivity contribution in [3.05, 3.63) is 71.6 Å². The molecule has 0 aromatic heterocycles. The summed E-state index contributed by atoms with van der Waals surface area (Å²) in [6.07, 6.45) is 1.72. The van der Waals surface area contributed by atoms with Crippen molar-refractivity contribution in [2.75, 3.05) is 0 Å². The Morgan fingerprint density at radius 3 is 2.58 bits per heavy atom. The third kappa shape index (κ3) is 2.90. The van der Waals surface area contributed by atoms with Crippen LogP contribution in [0.3, 0.4) is 0 Å². The highest BCUT2D eigenvalue weighted by Crippen LogP contribution is 2.36. The molecule has 0 heterocycles. The minimum absolute atomic E-state index is 0.477. The second-order valence-electron chi connectivity index (χ2n) is 5.04. The third-order valence-electron chi connectivity index (χ3n) is 3.77. The van der Waals surface area contributed by atoms with Crippen molar-refractivity contribution in [3.63, 3.8) is 0 Å². The summed E-state index contributed by atoms with van der Waals surface area (Å²) < 4.78 is 0. The highest BCUT2D eigenvalue weighted by atomic mass is 14.9. The van der Waals surface area contributed by atoms with E-state index in [1.807, 2.05) is 0 Å². The van der Waals surface area contributed by atoms with Crippen LogP contribution in [-0.2, 0) is 13.1 Å². The lowest BCUT2D eigenvalue weighted by atomic mass is 9.80. The van der Waals surface area contributed by atoms with Crippen LogP contribution in [-0.4, -0.2) is 0 Å². The fourth-order valence-electron chi connectivity index (χ4n) is 2.44. The van der Waals surface area contributed by atoms with Crippen molar-refractivity contribution in [2.24, 2.45) is 5.92 Å². The summed E-state index contributed by atoms with van der Waals surface area (Å²) in [6.45, 7) is 13.7. The van der Waals surface area contributed by atoms with Gasteiger partial charge in [-0.2, -0.15) is 0 Å². The second kappa shape index (κ2) is 5.79. The zero-order valence-electron chi connectivity index (χ0n) is 11.8. The number of hydrogen-bond acceptors (Lipinski definition) is 2. The maximum Gasteiger partial charge on any atom is 0.0398 e. The molecule has 1 aliphatic carbocycles. The molecule has 0 aliphatic heterocycles. The smallest absolute Gasteiger partial charge is 0.0398 e. The monoisotopic (exact) mass is 254 g/mol. The molecule has 2 N–H and O–H groups in total. The van der Waals surface area contributed by atoms with Crippen molar-refractivity contribution in [3.8, 4) is 0 Å². The zero-order chi connectivity index (χ0) is 13.8. The van der Waals surface area contributed by atoms with E-state index in [0.717, 1.165) is 13.1 Å². The van der Waals surface area contributed by atoms with Gasteiger partial charge < -0.3 is 10.6 Å². The maximum absolute atomic E-state index is 4.06. The molecule has 1 aromatic carbocycles. The predicted molar refractivity (Wildman–Crippen MR) is 81.3 cm³/mol. The van der Waals surface area contributed by atoms with Gasteiger partial charge in [-0.25, -0.2) is 0 Å². The minimum atomic E-state index is 0.477. The fourth-order valence-corrected chi connectivity index (χ4v) is 2.44. The van der Waals surface area contributed by atoms with Crippen molar-refractivity contribution in [2.45, 2.75) is 26.9 Å². The van der Waals surface area contributed by atoms with Gasteiger partial charge in [-0.3, -0.25) is 0 Å². The van der Waals surface area contributed by atoms with Crippen LogP contribution in [0.1, 0.15) is 25.0 Å². The van der Waals surface area contributed by atoms with Crippen LogP contribution in [0.25, 0.3) is 0 Å². The van der Waals surface area contributed by atoms with Crippen LogP contribution in [0.15, 0.2) is 60.5 Å². The Morgan fingerprint density at radius 2 is 1.95 bits per heavy atom. The molecule has 0 spiro atoms. The minimum Gasteiger partial charge on any atom is -0.387 e. The first-order chi connectivity index (χ1) is 9.13. The Labute approximate surface area is 115 Å². The summed E-state index contributed by atoms with van der Waals surface area (Å²) in [6, 6.07) is 8.59. The lowest BCUT2D eigenvalue weighted by Crippen LogP contribution is -2.29. The van der Waals surface area contributed by atoms with Gasteiger partial charge in [0.2, 0.25) is 0 Å². The Bertz CT molecular complexity index is 526. The molecule has 2 nitrogen and oxygen atoms in total. The van der Waals surface area contributed by atoms with Crippen LogP contribution < -0.4 is 10.6 Å². The molecular formula is C17H22N2. The summed E-state index contributed by atoms with van der Waals surface area (Å²) >= 11 is 0. The van der Waals surface area contributed by atoms with E-state index in [9.17, 15) is 0 Å². The number of benzene rings is 1. The molecule has 0 radical (unpaired) electrons. The van der Waals surface area contributed by atoms with E-state index in [1.54, 1.807) is 6.20 Å². The molecule has 0 saturated carbocycles. The Kier molecular flexibility index (Phi) is 4.10. The van der Waals surface area contributed by atoms with E-state index >= 15 is 0 Å². The molecule has 1 aliphatic rings. The molecule has 1 aromatic rings. The standard InChI is InChI=1S/C17H22N2/c1-5-18-10-15-7-6-8-16(9-15)11-19-17-13(3)12(2)14(17)4/h5-9,13,18-19H,1-2,10-11H2,3-4H3. The molecule has 100 valence electrons. The van der Waals surface area contributed by atoms with Crippen molar-refractivity contribution in [1.29, 1.82) is 0 Å². The fraction of sp³-hybridized carbons (Fsp3) is 0.294. The number of hydrogen-bond donors (Lipinski definition) is 2. The number of nitrogens with one attached hydrogen (secondary N) is 2. The topological polar surface area (TPSA) is 24.1 Å².